The molecule has 66 valence electrons. The van der Waals surface area contributed by atoms with E-state index in [4.69, 9.17) is 5.73 Å². The smallest absolute Gasteiger partial charge is 0.307 e. The van der Waals surface area contributed by atoms with Crippen LogP contribution in [0.15, 0.2) is 12.8 Å². The second-order valence-corrected chi connectivity index (χ2v) is 8.71. The Morgan fingerprint density at radius 2 is 2.58 bits per heavy atom. The molecular weight excluding hydrogens is 170 g/mol. The van der Waals surface area contributed by atoms with Crippen LogP contribution in [-0.2, 0) is 9.53 Å². The number of carbonyl (C=O) groups is 1. The van der Waals surface area contributed by atoms with Crippen LogP contribution in [0, 0.1) is 0 Å². The minimum absolute atomic E-state index is 0.118. The predicted molar refractivity (Wildman–Crippen MR) is 48.0 cm³/mol. The van der Waals surface area contributed by atoms with Crippen LogP contribution in [0.5, 0.6) is 0 Å². The second-order valence-electron chi connectivity index (χ2n) is 3.95. The fourth-order valence-corrected chi connectivity index (χ4v) is 7.39. The molecule has 2 rings (SSSR count). The van der Waals surface area contributed by atoms with Crippen LogP contribution >= 0.6 is 0 Å². The summed E-state index contributed by atoms with van der Waals surface area (Å²) in [7, 11) is -1.30. The molecule has 0 aromatic carbocycles. The van der Waals surface area contributed by atoms with Gasteiger partial charge in [-0.1, -0.05) is 12.6 Å². The Morgan fingerprint density at radius 1 is 1.83 bits per heavy atom. The van der Waals surface area contributed by atoms with E-state index in [0.29, 0.717) is 6.04 Å². The summed E-state index contributed by atoms with van der Waals surface area (Å²) in [5.41, 5.74) is 6.00. The lowest BCUT2D eigenvalue weighted by molar-refractivity contribution is -0.135. The maximum absolute atomic E-state index is 11.1. The highest BCUT2D eigenvalue weighted by molar-refractivity contribution is 6.97. The van der Waals surface area contributed by atoms with Crippen LogP contribution in [0.4, 0.5) is 0 Å². The second kappa shape index (κ2) is 2.20. The molecule has 0 bridgehead atoms. The van der Waals surface area contributed by atoms with E-state index >= 15 is 0 Å². The van der Waals surface area contributed by atoms with Gasteiger partial charge in [-0.25, -0.2) is 0 Å². The highest BCUT2D eigenvalue weighted by atomic mass is 28.3. The van der Waals surface area contributed by atoms with Crippen molar-refractivity contribution in [2.45, 2.75) is 29.7 Å². The molecule has 2 fully saturated rings. The van der Waals surface area contributed by atoms with Gasteiger partial charge in [0.05, 0.1) is 14.3 Å². The first-order valence-corrected chi connectivity index (χ1v) is 6.83. The molecule has 0 aromatic heterocycles. The number of fused-ring (bicyclic) bond motifs is 1. The summed E-state index contributed by atoms with van der Waals surface area (Å²) < 4.78 is 4.69. The van der Waals surface area contributed by atoms with Crippen molar-refractivity contribution in [2.75, 3.05) is 0 Å². The molecule has 2 N–H and O–H groups in total. The van der Waals surface area contributed by atoms with Crippen molar-refractivity contribution in [3.63, 3.8) is 0 Å². The summed E-state index contributed by atoms with van der Waals surface area (Å²) in [6.45, 7) is 3.35. The Hall–Kier alpha value is -0.613. The Labute approximate surface area is 72.6 Å². The molecule has 0 aromatic rings. The van der Waals surface area contributed by atoms with Gasteiger partial charge in [-0.15, -0.1) is 0 Å². The monoisotopic (exact) mass is 183 g/mol. The van der Waals surface area contributed by atoms with E-state index in [2.05, 4.69) is 11.3 Å². The highest BCUT2D eigenvalue weighted by Crippen LogP contribution is 2.63. The van der Waals surface area contributed by atoms with Gasteiger partial charge >= 0.3 is 5.97 Å². The van der Waals surface area contributed by atoms with Crippen molar-refractivity contribution in [2.24, 2.45) is 5.73 Å². The number of esters is 1. The quantitative estimate of drug-likeness (QED) is 0.399. The summed E-state index contributed by atoms with van der Waals surface area (Å²) in [4.78, 5) is 11.1. The third-order valence-electron chi connectivity index (χ3n) is 3.33. The Balaban J connectivity index is 1.89. The lowest BCUT2D eigenvalue weighted by Crippen LogP contribution is -2.48. The minimum atomic E-state index is -1.30. The normalized spacial score (nSPS) is 42.4. The number of carbonyl (C=O) groups excluding carboxylic acids is 1. The molecule has 4 heteroatoms. The molecule has 3 nitrogen and oxygen atoms in total. The van der Waals surface area contributed by atoms with Crippen molar-refractivity contribution in [1.82, 2.24) is 0 Å². The van der Waals surface area contributed by atoms with Gasteiger partial charge in [0.1, 0.15) is 0 Å². The van der Waals surface area contributed by atoms with Crippen LogP contribution < -0.4 is 5.73 Å². The first-order chi connectivity index (χ1) is 5.62. The molecule has 2 atom stereocenters. The summed E-state index contributed by atoms with van der Waals surface area (Å²) >= 11 is 0. The van der Waals surface area contributed by atoms with Crippen molar-refractivity contribution in [3.05, 3.63) is 12.8 Å². The molecule has 0 aliphatic carbocycles. The zero-order valence-electron chi connectivity index (χ0n) is 7.01. The van der Waals surface area contributed by atoms with Crippen LogP contribution in [0.3, 0.4) is 0 Å². The van der Waals surface area contributed by atoms with Gasteiger partial charge in [-0.3, -0.25) is 4.79 Å². The Kier molecular flexibility index (Phi) is 1.47. The third-order valence-corrected chi connectivity index (χ3v) is 8.92. The van der Waals surface area contributed by atoms with Crippen LogP contribution in [-0.4, -0.2) is 19.2 Å². The first-order valence-electron chi connectivity index (χ1n) is 4.21. The highest BCUT2D eigenvalue weighted by Gasteiger charge is 2.73. The van der Waals surface area contributed by atoms with Gasteiger partial charge in [0, 0.05) is 11.2 Å². The molecule has 0 radical (unpaired) electrons. The molecule has 0 amide bonds. The molecular formula is C8H13NO2Si. The molecule has 2 aliphatic rings. The predicted octanol–water partition coefficient (Wildman–Crippen LogP) is 0.776. The summed E-state index contributed by atoms with van der Waals surface area (Å²) in [5, 5.41) is 0.118. The summed E-state index contributed by atoms with van der Waals surface area (Å²) in [6.07, 6.45) is 2.33. The van der Waals surface area contributed by atoms with Crippen LogP contribution in [0.1, 0.15) is 6.42 Å². The zero-order chi connectivity index (χ0) is 8.82. The van der Waals surface area contributed by atoms with E-state index in [9.17, 15) is 4.79 Å². The topological polar surface area (TPSA) is 52.3 Å². The molecule has 2 aliphatic heterocycles. The van der Waals surface area contributed by atoms with E-state index in [1.54, 1.807) is 0 Å². The molecule has 0 saturated carbocycles. The average molecular weight is 183 g/mol. The molecule has 0 spiro atoms. The minimum Gasteiger partial charge on any atom is -0.435 e. The van der Waals surface area contributed by atoms with Crippen molar-refractivity contribution in [1.29, 1.82) is 0 Å². The fourth-order valence-electron chi connectivity index (χ4n) is 2.27. The standard InChI is InChI=1S/C8H13NO2Si/c1-2-11-7(10)5-12-4-3-8(12,9)6-12/h2H,1,3-6,9H2. The first kappa shape index (κ1) is 8.01. The van der Waals surface area contributed by atoms with E-state index in [1.807, 2.05) is 0 Å². The van der Waals surface area contributed by atoms with Gasteiger partial charge < -0.3 is 10.5 Å². The molecule has 2 unspecified atom stereocenters. The average Bonchev–Trinajstić information content (AvgIpc) is 2.37. The van der Waals surface area contributed by atoms with E-state index in [0.717, 1.165) is 12.5 Å². The van der Waals surface area contributed by atoms with Crippen molar-refractivity contribution < 1.29 is 9.53 Å². The number of hydrogen-bond donors (Lipinski definition) is 1. The molecule has 12 heavy (non-hydrogen) atoms. The van der Waals surface area contributed by atoms with Crippen molar-refractivity contribution >= 4 is 14.0 Å². The number of ether oxygens (including phenoxy) is 1. The maximum Gasteiger partial charge on any atom is 0.307 e. The van der Waals surface area contributed by atoms with E-state index in [1.165, 1.54) is 12.3 Å². The largest absolute Gasteiger partial charge is 0.435 e. The van der Waals surface area contributed by atoms with E-state index in [-0.39, 0.29) is 11.1 Å². The van der Waals surface area contributed by atoms with Gasteiger partial charge in [0.2, 0.25) is 0 Å². The van der Waals surface area contributed by atoms with Crippen LogP contribution in [0.25, 0.3) is 0 Å². The van der Waals surface area contributed by atoms with Gasteiger partial charge in [-0.2, -0.15) is 0 Å². The van der Waals surface area contributed by atoms with Gasteiger partial charge in [0.25, 0.3) is 0 Å². The third kappa shape index (κ3) is 0.880. The van der Waals surface area contributed by atoms with E-state index < -0.39 is 8.07 Å². The summed E-state index contributed by atoms with van der Waals surface area (Å²) in [5.74, 6) is -0.135. The van der Waals surface area contributed by atoms with Gasteiger partial charge in [0.15, 0.2) is 0 Å². The maximum atomic E-state index is 11.1. The lowest BCUT2D eigenvalue weighted by atomic mass is 10.3. The van der Waals surface area contributed by atoms with Gasteiger partial charge in [-0.05, 0) is 12.5 Å². The zero-order valence-corrected chi connectivity index (χ0v) is 8.01. The van der Waals surface area contributed by atoms with Crippen LogP contribution in [0.2, 0.25) is 18.1 Å². The van der Waals surface area contributed by atoms with Crippen molar-refractivity contribution in [3.8, 4) is 0 Å². The number of hydrogen-bond acceptors (Lipinski definition) is 3. The molecule has 2 heterocycles. The fraction of sp³-hybridized carbons (Fsp3) is 0.625. The number of nitrogens with two attached hydrogens (primary N) is 1. The molecule has 2 saturated heterocycles. The lowest BCUT2D eigenvalue weighted by Gasteiger charge is -2.29. The Morgan fingerprint density at radius 3 is 2.92 bits per heavy atom. The SMILES string of the molecule is C=COC(=O)C[Si]12CCC1(N)C2. The summed E-state index contributed by atoms with van der Waals surface area (Å²) in [6, 6.07) is 2.96. The number of rotatable bonds is 3. The Bertz CT molecular complexity index is 255.